The largest absolute Gasteiger partial charge is 0.460 e. The average molecular weight is 182 g/mol. The fraction of sp³-hybridized carbons (Fsp3) is 0.900. The zero-order valence-electron chi connectivity index (χ0n) is 8.00. The molecule has 0 N–H and O–H groups in total. The van der Waals surface area contributed by atoms with E-state index in [1.807, 2.05) is 6.92 Å². The number of hydrogen-bond donors (Lipinski definition) is 0. The van der Waals surface area contributed by atoms with E-state index in [0.717, 1.165) is 19.3 Å². The highest BCUT2D eigenvalue weighted by Crippen LogP contribution is 2.54. The normalized spacial score (nSPS) is 58.2. The smallest absolute Gasteiger partial charge is 0.338 e. The molecule has 13 heavy (non-hydrogen) atoms. The van der Waals surface area contributed by atoms with Crippen LogP contribution in [0.15, 0.2) is 0 Å². The van der Waals surface area contributed by atoms with Crippen molar-refractivity contribution in [3.63, 3.8) is 0 Å². The fourth-order valence-electron chi connectivity index (χ4n) is 3.20. The minimum Gasteiger partial charge on any atom is -0.460 e. The first-order valence-electron chi connectivity index (χ1n) is 4.95. The summed E-state index contributed by atoms with van der Waals surface area (Å²) in [6.07, 6.45) is 3.16. The lowest BCUT2D eigenvalue weighted by atomic mass is 9.68. The zero-order chi connectivity index (χ0) is 9.27. The molecule has 4 unspecified atom stereocenters. The van der Waals surface area contributed by atoms with Crippen LogP contribution in [0.2, 0.25) is 0 Å². The van der Waals surface area contributed by atoms with Crippen molar-refractivity contribution in [2.45, 2.75) is 50.4 Å². The quantitative estimate of drug-likeness (QED) is 0.529. The van der Waals surface area contributed by atoms with Crippen LogP contribution in [0.1, 0.15) is 33.1 Å². The second kappa shape index (κ2) is 1.92. The van der Waals surface area contributed by atoms with Gasteiger partial charge in [0, 0.05) is 12.3 Å². The highest BCUT2D eigenvalue weighted by atomic mass is 16.6. The Balaban J connectivity index is 2.09. The SMILES string of the molecule is CC12CCC3C(C1)OC(=O)C3(C)O2. The first-order chi connectivity index (χ1) is 6.04. The lowest BCUT2D eigenvalue weighted by Gasteiger charge is -2.50. The van der Waals surface area contributed by atoms with Crippen molar-refractivity contribution in [3.05, 3.63) is 0 Å². The van der Waals surface area contributed by atoms with Crippen molar-refractivity contribution in [2.24, 2.45) is 5.92 Å². The van der Waals surface area contributed by atoms with E-state index < -0.39 is 5.60 Å². The van der Waals surface area contributed by atoms with Crippen LogP contribution >= 0.6 is 0 Å². The molecule has 0 aromatic heterocycles. The van der Waals surface area contributed by atoms with Gasteiger partial charge in [0.1, 0.15) is 6.10 Å². The maximum absolute atomic E-state index is 11.6. The third-order valence-corrected chi connectivity index (χ3v) is 3.90. The molecule has 4 bridgehead atoms. The first-order valence-corrected chi connectivity index (χ1v) is 4.95. The summed E-state index contributed by atoms with van der Waals surface area (Å²) < 4.78 is 11.2. The van der Waals surface area contributed by atoms with Gasteiger partial charge in [-0.05, 0) is 26.7 Å². The fourth-order valence-corrected chi connectivity index (χ4v) is 3.20. The van der Waals surface area contributed by atoms with Crippen LogP contribution in [0.25, 0.3) is 0 Å². The number of ether oxygens (including phenoxy) is 2. The predicted molar refractivity (Wildman–Crippen MR) is 45.1 cm³/mol. The Hall–Kier alpha value is -0.570. The molecule has 0 aromatic rings. The maximum atomic E-state index is 11.6. The van der Waals surface area contributed by atoms with Crippen molar-refractivity contribution >= 4 is 5.97 Å². The maximum Gasteiger partial charge on any atom is 0.338 e. The molecule has 4 atom stereocenters. The monoisotopic (exact) mass is 182 g/mol. The molecule has 1 saturated carbocycles. The molecule has 3 heterocycles. The summed E-state index contributed by atoms with van der Waals surface area (Å²) >= 11 is 0. The van der Waals surface area contributed by atoms with Crippen molar-refractivity contribution in [3.8, 4) is 0 Å². The average Bonchev–Trinajstić information content (AvgIpc) is 2.18. The molecule has 3 heteroatoms. The number of esters is 1. The van der Waals surface area contributed by atoms with E-state index in [-0.39, 0.29) is 17.7 Å². The van der Waals surface area contributed by atoms with Gasteiger partial charge in [0.15, 0.2) is 5.60 Å². The van der Waals surface area contributed by atoms with Gasteiger partial charge in [0.2, 0.25) is 0 Å². The Labute approximate surface area is 77.4 Å². The molecule has 3 aliphatic heterocycles. The lowest BCUT2D eigenvalue weighted by Crippen LogP contribution is -2.58. The summed E-state index contributed by atoms with van der Waals surface area (Å²) in [6.45, 7) is 3.98. The van der Waals surface area contributed by atoms with Crippen molar-refractivity contribution in [1.82, 2.24) is 0 Å². The molecule has 0 amide bonds. The van der Waals surface area contributed by atoms with Crippen LogP contribution in [0.3, 0.4) is 0 Å². The van der Waals surface area contributed by atoms with Gasteiger partial charge in [-0.1, -0.05) is 0 Å². The molecule has 0 spiro atoms. The second-order valence-electron chi connectivity index (χ2n) is 4.95. The topological polar surface area (TPSA) is 35.5 Å². The van der Waals surface area contributed by atoms with Gasteiger partial charge in [-0.25, -0.2) is 4.79 Å². The molecule has 4 rings (SSSR count). The van der Waals surface area contributed by atoms with Crippen LogP contribution < -0.4 is 0 Å². The third kappa shape index (κ3) is 0.766. The van der Waals surface area contributed by atoms with Gasteiger partial charge in [-0.3, -0.25) is 0 Å². The summed E-state index contributed by atoms with van der Waals surface area (Å²) in [7, 11) is 0. The Bertz CT molecular complexity index is 288. The van der Waals surface area contributed by atoms with Gasteiger partial charge >= 0.3 is 5.97 Å². The van der Waals surface area contributed by atoms with E-state index in [2.05, 4.69) is 6.92 Å². The van der Waals surface area contributed by atoms with Gasteiger partial charge in [0.05, 0.1) is 5.60 Å². The summed E-state index contributed by atoms with van der Waals surface area (Å²) in [5.74, 6) is 0.160. The molecular weight excluding hydrogens is 168 g/mol. The number of hydrogen-bond acceptors (Lipinski definition) is 3. The molecule has 4 fully saturated rings. The van der Waals surface area contributed by atoms with Gasteiger partial charge in [-0.2, -0.15) is 0 Å². The summed E-state index contributed by atoms with van der Waals surface area (Å²) in [6, 6.07) is 0. The van der Waals surface area contributed by atoms with Crippen molar-refractivity contribution in [1.29, 1.82) is 0 Å². The molecule has 1 aliphatic carbocycles. The minimum atomic E-state index is -0.629. The third-order valence-electron chi connectivity index (χ3n) is 3.90. The minimum absolute atomic E-state index is 0.111. The molecule has 0 radical (unpaired) electrons. The molecule has 0 aromatic carbocycles. The van der Waals surface area contributed by atoms with Crippen LogP contribution in [0.4, 0.5) is 0 Å². The standard InChI is InChI=1S/C10H14O3/c1-9-4-3-6-7(5-9)12-8(11)10(6,2)13-9/h6-7H,3-5H2,1-2H3. The van der Waals surface area contributed by atoms with Crippen molar-refractivity contribution < 1.29 is 14.3 Å². The summed E-state index contributed by atoms with van der Waals surface area (Å²) in [4.78, 5) is 11.6. The highest BCUT2D eigenvalue weighted by molar-refractivity contribution is 5.82. The predicted octanol–water partition coefficient (Wildman–Crippen LogP) is 1.26. The number of carbonyl (C=O) groups excluding carboxylic acids is 1. The van der Waals surface area contributed by atoms with Gasteiger partial charge in [0.25, 0.3) is 0 Å². The van der Waals surface area contributed by atoms with E-state index in [9.17, 15) is 4.79 Å². The first kappa shape index (κ1) is 7.80. The van der Waals surface area contributed by atoms with Crippen LogP contribution in [-0.4, -0.2) is 23.3 Å². The molecule has 3 nitrogen and oxygen atoms in total. The Kier molecular flexibility index (Phi) is 1.15. The zero-order valence-corrected chi connectivity index (χ0v) is 8.00. The second-order valence-corrected chi connectivity index (χ2v) is 4.95. The van der Waals surface area contributed by atoms with E-state index in [0.29, 0.717) is 5.92 Å². The molecule has 3 saturated heterocycles. The Morgan fingerprint density at radius 2 is 2.23 bits per heavy atom. The van der Waals surface area contributed by atoms with E-state index >= 15 is 0 Å². The van der Waals surface area contributed by atoms with Gasteiger partial charge < -0.3 is 9.47 Å². The van der Waals surface area contributed by atoms with E-state index in [1.165, 1.54) is 0 Å². The van der Waals surface area contributed by atoms with Crippen LogP contribution in [-0.2, 0) is 14.3 Å². The lowest BCUT2D eigenvalue weighted by molar-refractivity contribution is -0.220. The summed E-state index contributed by atoms with van der Waals surface area (Å²) in [5, 5.41) is 0. The molecule has 72 valence electrons. The number of carbonyl (C=O) groups is 1. The number of rotatable bonds is 0. The van der Waals surface area contributed by atoms with Crippen LogP contribution in [0.5, 0.6) is 0 Å². The summed E-state index contributed by atoms with van der Waals surface area (Å²) in [5.41, 5.74) is -0.740. The Morgan fingerprint density at radius 3 is 2.85 bits per heavy atom. The molecule has 4 aliphatic rings. The van der Waals surface area contributed by atoms with Crippen LogP contribution in [0, 0.1) is 5.92 Å². The highest BCUT2D eigenvalue weighted by Gasteiger charge is 2.65. The number of fused-ring (bicyclic) bond motifs is 1. The van der Waals surface area contributed by atoms with Crippen molar-refractivity contribution in [2.75, 3.05) is 0 Å². The Morgan fingerprint density at radius 1 is 1.46 bits per heavy atom. The van der Waals surface area contributed by atoms with Gasteiger partial charge in [-0.15, -0.1) is 0 Å². The van der Waals surface area contributed by atoms with E-state index in [1.54, 1.807) is 0 Å². The molecular formula is C10H14O3. The van der Waals surface area contributed by atoms with E-state index in [4.69, 9.17) is 9.47 Å².